The lowest BCUT2D eigenvalue weighted by Gasteiger charge is -2.17. The van der Waals surface area contributed by atoms with Crippen molar-refractivity contribution < 1.29 is 14.0 Å². The van der Waals surface area contributed by atoms with Crippen LogP contribution in [0.1, 0.15) is 32.0 Å². The number of hydrogen-bond donors (Lipinski definition) is 1. The van der Waals surface area contributed by atoms with E-state index in [1.54, 1.807) is 48.2 Å². The van der Waals surface area contributed by atoms with Gasteiger partial charge in [0.1, 0.15) is 5.82 Å². The normalized spacial score (nSPS) is 12.6. The summed E-state index contributed by atoms with van der Waals surface area (Å²) in [6.45, 7) is 2.42. The Morgan fingerprint density at radius 1 is 1.00 bits per heavy atom. The fourth-order valence-corrected chi connectivity index (χ4v) is 4.12. The molecule has 1 aromatic heterocycles. The second kappa shape index (κ2) is 7.89. The van der Waals surface area contributed by atoms with E-state index in [-0.39, 0.29) is 11.8 Å². The van der Waals surface area contributed by atoms with Gasteiger partial charge in [0.15, 0.2) is 0 Å². The third-order valence-corrected chi connectivity index (χ3v) is 5.67. The van der Waals surface area contributed by atoms with E-state index in [4.69, 9.17) is 0 Å². The number of rotatable bonds is 3. The Bertz CT molecular complexity index is 1360. The predicted molar refractivity (Wildman–Crippen MR) is 123 cm³/mol. The molecule has 0 atom stereocenters. The van der Waals surface area contributed by atoms with Gasteiger partial charge in [0.2, 0.25) is 0 Å². The van der Waals surface area contributed by atoms with Gasteiger partial charge in [-0.25, -0.2) is 4.39 Å². The molecule has 0 spiro atoms. The van der Waals surface area contributed by atoms with Gasteiger partial charge in [-0.1, -0.05) is 18.2 Å². The molecule has 0 radical (unpaired) electrons. The van der Waals surface area contributed by atoms with Crippen LogP contribution in [0.3, 0.4) is 0 Å². The van der Waals surface area contributed by atoms with Gasteiger partial charge >= 0.3 is 0 Å². The van der Waals surface area contributed by atoms with Crippen LogP contribution < -0.4 is 10.2 Å². The van der Waals surface area contributed by atoms with E-state index in [2.05, 4.69) is 10.3 Å². The maximum atomic E-state index is 13.6. The minimum atomic E-state index is -0.400. The quantitative estimate of drug-likeness (QED) is 0.495. The summed E-state index contributed by atoms with van der Waals surface area (Å²) in [6, 6.07) is 20.6. The van der Waals surface area contributed by atoms with Crippen LogP contribution >= 0.6 is 0 Å². The Hall–Kier alpha value is -4.06. The van der Waals surface area contributed by atoms with Crippen molar-refractivity contribution in [2.24, 2.45) is 0 Å². The van der Waals surface area contributed by atoms with E-state index in [0.717, 1.165) is 12.1 Å². The Kier molecular flexibility index (Phi) is 4.90. The molecule has 0 unspecified atom stereocenters. The standard InChI is InChI=1S/C26H20FN3O2/c1-16-14-22(21-11-8-19(27)15-23(21)28-16)25(31)29-20-9-6-18(7-10-20)26(32)30-13-12-17-4-2-3-5-24(17)30/h2-11,14-15H,12-13H2,1H3,(H,29,31). The molecule has 6 heteroatoms. The number of aryl methyl sites for hydroxylation is 1. The molecule has 0 aliphatic carbocycles. The van der Waals surface area contributed by atoms with Gasteiger partial charge in [-0.2, -0.15) is 0 Å². The third-order valence-electron chi connectivity index (χ3n) is 5.67. The van der Waals surface area contributed by atoms with E-state index in [0.29, 0.717) is 40.0 Å². The number of para-hydroxylation sites is 1. The lowest BCUT2D eigenvalue weighted by atomic mass is 10.1. The summed E-state index contributed by atoms with van der Waals surface area (Å²) >= 11 is 0. The van der Waals surface area contributed by atoms with E-state index < -0.39 is 5.82 Å². The Morgan fingerprint density at radius 3 is 2.59 bits per heavy atom. The van der Waals surface area contributed by atoms with Crippen LogP contribution in [0.15, 0.2) is 72.8 Å². The van der Waals surface area contributed by atoms with Gasteiger partial charge in [0.05, 0.1) is 11.1 Å². The van der Waals surface area contributed by atoms with Gasteiger partial charge in [-0.15, -0.1) is 0 Å². The average Bonchev–Trinajstić information content (AvgIpc) is 3.22. The van der Waals surface area contributed by atoms with Gasteiger partial charge in [0, 0.05) is 40.6 Å². The van der Waals surface area contributed by atoms with Crippen LogP contribution in [0, 0.1) is 12.7 Å². The number of fused-ring (bicyclic) bond motifs is 2. The number of benzene rings is 3. The molecule has 0 bridgehead atoms. The van der Waals surface area contributed by atoms with Gasteiger partial charge in [-0.05, 0) is 67.4 Å². The molecule has 4 aromatic rings. The largest absolute Gasteiger partial charge is 0.322 e. The van der Waals surface area contributed by atoms with Crippen molar-refractivity contribution in [2.45, 2.75) is 13.3 Å². The molecule has 0 saturated heterocycles. The Balaban J connectivity index is 1.36. The Morgan fingerprint density at radius 2 is 1.78 bits per heavy atom. The minimum Gasteiger partial charge on any atom is -0.322 e. The fourth-order valence-electron chi connectivity index (χ4n) is 4.12. The van der Waals surface area contributed by atoms with Crippen molar-refractivity contribution in [3.8, 4) is 0 Å². The van der Waals surface area contributed by atoms with Gasteiger partial charge < -0.3 is 10.2 Å². The summed E-state index contributed by atoms with van der Waals surface area (Å²) in [5.41, 5.74) is 4.72. The zero-order valence-corrected chi connectivity index (χ0v) is 17.4. The fraction of sp³-hybridized carbons (Fsp3) is 0.115. The third kappa shape index (κ3) is 3.60. The molecule has 3 aromatic carbocycles. The maximum absolute atomic E-state index is 13.6. The highest BCUT2D eigenvalue weighted by atomic mass is 19.1. The van der Waals surface area contributed by atoms with Crippen molar-refractivity contribution >= 4 is 34.1 Å². The zero-order valence-electron chi connectivity index (χ0n) is 17.4. The van der Waals surface area contributed by atoms with Crippen molar-refractivity contribution in [1.29, 1.82) is 0 Å². The van der Waals surface area contributed by atoms with Crippen LogP contribution in [0.4, 0.5) is 15.8 Å². The predicted octanol–water partition coefficient (Wildman–Crippen LogP) is 5.14. The number of anilines is 2. The highest BCUT2D eigenvalue weighted by Crippen LogP contribution is 2.29. The minimum absolute atomic E-state index is 0.0643. The van der Waals surface area contributed by atoms with Crippen LogP contribution in [0.25, 0.3) is 10.9 Å². The molecule has 1 aliphatic rings. The summed E-state index contributed by atoms with van der Waals surface area (Å²) in [5, 5.41) is 3.44. The highest BCUT2D eigenvalue weighted by Gasteiger charge is 2.25. The maximum Gasteiger partial charge on any atom is 0.258 e. The number of pyridine rings is 1. The number of carbonyl (C=O) groups excluding carboxylic acids is 2. The van der Waals surface area contributed by atoms with Crippen LogP contribution in [-0.2, 0) is 6.42 Å². The second-order valence-corrected chi connectivity index (χ2v) is 7.84. The summed E-state index contributed by atoms with van der Waals surface area (Å²) in [4.78, 5) is 32.0. The molecule has 0 fully saturated rings. The monoisotopic (exact) mass is 425 g/mol. The molecule has 1 N–H and O–H groups in total. The first-order valence-corrected chi connectivity index (χ1v) is 10.4. The SMILES string of the molecule is Cc1cc(C(=O)Nc2ccc(C(=O)N3CCc4ccccc43)cc2)c2ccc(F)cc2n1. The second-order valence-electron chi connectivity index (χ2n) is 7.84. The van der Waals surface area contributed by atoms with Crippen molar-refractivity contribution in [3.05, 3.63) is 101 Å². The Labute approximate surface area is 184 Å². The summed E-state index contributed by atoms with van der Waals surface area (Å²) in [5.74, 6) is -0.784. The number of hydrogen-bond acceptors (Lipinski definition) is 3. The number of amides is 2. The molecule has 32 heavy (non-hydrogen) atoms. The van der Waals surface area contributed by atoms with Crippen LogP contribution in [0.2, 0.25) is 0 Å². The summed E-state index contributed by atoms with van der Waals surface area (Å²) < 4.78 is 13.6. The average molecular weight is 425 g/mol. The number of nitrogens with zero attached hydrogens (tertiary/aromatic N) is 2. The molecule has 158 valence electrons. The molecule has 5 rings (SSSR count). The van der Waals surface area contributed by atoms with Gasteiger partial charge in [-0.3, -0.25) is 14.6 Å². The van der Waals surface area contributed by atoms with Gasteiger partial charge in [0.25, 0.3) is 11.8 Å². The van der Waals surface area contributed by atoms with Crippen molar-refractivity contribution in [3.63, 3.8) is 0 Å². The van der Waals surface area contributed by atoms with Crippen LogP contribution in [-0.4, -0.2) is 23.3 Å². The molecule has 0 saturated carbocycles. The smallest absolute Gasteiger partial charge is 0.258 e. The lowest BCUT2D eigenvalue weighted by Crippen LogP contribution is -2.28. The number of nitrogens with one attached hydrogen (secondary N) is 1. The molecule has 2 amide bonds. The van der Waals surface area contributed by atoms with E-state index >= 15 is 0 Å². The molecular formula is C26H20FN3O2. The molecule has 1 aliphatic heterocycles. The molecular weight excluding hydrogens is 405 g/mol. The lowest BCUT2D eigenvalue weighted by molar-refractivity contribution is 0.0988. The number of halogens is 1. The van der Waals surface area contributed by atoms with Crippen molar-refractivity contribution in [1.82, 2.24) is 4.98 Å². The first-order chi connectivity index (χ1) is 15.5. The van der Waals surface area contributed by atoms with E-state index in [9.17, 15) is 14.0 Å². The number of carbonyl (C=O) groups is 2. The van der Waals surface area contributed by atoms with E-state index in [1.807, 2.05) is 24.3 Å². The van der Waals surface area contributed by atoms with Crippen molar-refractivity contribution in [2.75, 3.05) is 16.8 Å². The molecule has 2 heterocycles. The topological polar surface area (TPSA) is 62.3 Å². The first kappa shape index (κ1) is 19.9. The highest BCUT2D eigenvalue weighted by molar-refractivity contribution is 6.13. The summed E-state index contributed by atoms with van der Waals surface area (Å²) in [6.07, 6.45) is 0.846. The molecule has 5 nitrogen and oxygen atoms in total. The zero-order chi connectivity index (χ0) is 22.2. The van der Waals surface area contributed by atoms with E-state index in [1.165, 1.54) is 17.7 Å². The number of aromatic nitrogens is 1. The first-order valence-electron chi connectivity index (χ1n) is 10.4. The summed E-state index contributed by atoms with van der Waals surface area (Å²) in [7, 11) is 0. The van der Waals surface area contributed by atoms with Crippen LogP contribution in [0.5, 0.6) is 0 Å².